The fourth-order valence-corrected chi connectivity index (χ4v) is 2.48. The molecule has 4 nitrogen and oxygen atoms in total. The summed E-state index contributed by atoms with van der Waals surface area (Å²) >= 11 is 0. The van der Waals surface area contributed by atoms with Gasteiger partial charge in [0.25, 0.3) is 0 Å². The Morgan fingerprint density at radius 2 is 1.70 bits per heavy atom. The summed E-state index contributed by atoms with van der Waals surface area (Å²) in [4.78, 5) is 0. The molecule has 0 spiro atoms. The topological polar surface area (TPSA) is 47.9 Å². The Morgan fingerprint density at radius 1 is 1.10 bits per heavy atom. The number of phenolic OH excluding ortho intramolecular Hbond substituents is 1. The Kier molecular flexibility index (Phi) is 3.12. The highest BCUT2D eigenvalue weighted by atomic mass is 16.7. The largest absolute Gasteiger partial charge is 0.508 e. The van der Waals surface area contributed by atoms with Gasteiger partial charge in [-0.05, 0) is 27.7 Å². The van der Waals surface area contributed by atoms with Crippen LogP contribution in [0.4, 0.5) is 0 Å². The van der Waals surface area contributed by atoms with Crippen molar-refractivity contribution in [3.63, 3.8) is 0 Å². The van der Waals surface area contributed by atoms with Crippen molar-refractivity contribution < 1.29 is 19.2 Å². The van der Waals surface area contributed by atoms with Crippen LogP contribution in [0.2, 0.25) is 0 Å². The van der Waals surface area contributed by atoms with Gasteiger partial charge in [0.05, 0.1) is 24.4 Å². The molecule has 2 fully saturated rings. The zero-order valence-corrected chi connectivity index (χ0v) is 12.5. The van der Waals surface area contributed by atoms with E-state index in [4.69, 9.17) is 14.0 Å². The molecule has 0 radical (unpaired) electrons. The average Bonchev–Trinajstić information content (AvgIpc) is 2.48. The van der Waals surface area contributed by atoms with Crippen LogP contribution in [0.1, 0.15) is 39.2 Å². The smallest absolute Gasteiger partial charge is 0.498 e. The minimum Gasteiger partial charge on any atom is -0.508 e. The maximum atomic E-state index is 10.5. The third-order valence-electron chi connectivity index (χ3n) is 4.68. The van der Waals surface area contributed by atoms with E-state index in [1.807, 2.05) is 45.9 Å². The predicted octanol–water partition coefficient (Wildman–Crippen LogP) is 1.81. The van der Waals surface area contributed by atoms with E-state index >= 15 is 0 Å². The minimum absolute atomic E-state index is 0.275. The maximum Gasteiger partial charge on any atom is 0.498 e. The van der Waals surface area contributed by atoms with Gasteiger partial charge in [-0.15, -0.1) is 0 Å². The zero-order valence-electron chi connectivity index (χ0n) is 12.5. The van der Waals surface area contributed by atoms with E-state index in [1.165, 1.54) is 0 Å². The molecule has 0 amide bonds. The average molecular weight is 276 g/mol. The highest BCUT2D eigenvalue weighted by Crippen LogP contribution is 2.38. The maximum absolute atomic E-state index is 10.5. The zero-order chi connectivity index (χ0) is 14.5. The lowest BCUT2D eigenvalue weighted by atomic mass is 9.76. The van der Waals surface area contributed by atoms with E-state index in [1.54, 1.807) is 0 Å². The molecule has 0 unspecified atom stereocenters. The lowest BCUT2D eigenvalue weighted by Gasteiger charge is -2.32. The van der Waals surface area contributed by atoms with E-state index in [0.717, 1.165) is 5.56 Å². The van der Waals surface area contributed by atoms with Crippen LogP contribution in [0, 0.1) is 0 Å². The summed E-state index contributed by atoms with van der Waals surface area (Å²) < 4.78 is 17.2. The van der Waals surface area contributed by atoms with Crippen LogP contribution in [0.15, 0.2) is 18.2 Å². The molecule has 0 aliphatic carbocycles. The normalized spacial score (nSPS) is 24.7. The SMILES string of the molecule is CC1(C)OB(c2cccc(C3COC3)c2O)OC1(C)C. The van der Waals surface area contributed by atoms with E-state index < -0.39 is 18.3 Å². The third-order valence-corrected chi connectivity index (χ3v) is 4.68. The highest BCUT2D eigenvalue weighted by molar-refractivity contribution is 6.63. The van der Waals surface area contributed by atoms with E-state index in [0.29, 0.717) is 18.7 Å². The fraction of sp³-hybridized carbons (Fsp3) is 0.600. The van der Waals surface area contributed by atoms with Crippen LogP contribution in [-0.2, 0) is 14.0 Å². The lowest BCUT2D eigenvalue weighted by Crippen LogP contribution is -2.41. The second-order valence-corrected chi connectivity index (χ2v) is 6.61. The first kappa shape index (κ1) is 13.9. The van der Waals surface area contributed by atoms with Crippen LogP contribution >= 0.6 is 0 Å². The summed E-state index contributed by atoms with van der Waals surface area (Å²) in [5, 5.41) is 10.5. The molecule has 0 saturated carbocycles. The van der Waals surface area contributed by atoms with Crippen LogP contribution in [0.5, 0.6) is 5.75 Å². The van der Waals surface area contributed by atoms with Crippen LogP contribution < -0.4 is 5.46 Å². The van der Waals surface area contributed by atoms with Crippen LogP contribution in [0.3, 0.4) is 0 Å². The van der Waals surface area contributed by atoms with Gasteiger partial charge < -0.3 is 19.2 Å². The van der Waals surface area contributed by atoms with Gasteiger partial charge in [-0.25, -0.2) is 0 Å². The minimum atomic E-state index is -0.527. The summed E-state index contributed by atoms with van der Waals surface area (Å²) in [6, 6.07) is 5.74. The molecule has 0 aromatic heterocycles. The van der Waals surface area contributed by atoms with Crippen molar-refractivity contribution in [1.82, 2.24) is 0 Å². The predicted molar refractivity (Wildman–Crippen MR) is 77.4 cm³/mol. The number of ether oxygens (including phenoxy) is 1. The van der Waals surface area contributed by atoms with Crippen LogP contribution in [-0.4, -0.2) is 36.6 Å². The first-order valence-corrected chi connectivity index (χ1v) is 7.07. The second-order valence-electron chi connectivity index (χ2n) is 6.61. The molecule has 2 heterocycles. The number of rotatable bonds is 2. The molecule has 5 heteroatoms. The summed E-state index contributed by atoms with van der Waals surface area (Å²) in [5.41, 5.74) is 0.816. The number of hydrogen-bond donors (Lipinski definition) is 1. The Labute approximate surface area is 120 Å². The second kappa shape index (κ2) is 4.48. The van der Waals surface area contributed by atoms with Gasteiger partial charge in [-0.2, -0.15) is 0 Å². The highest BCUT2D eigenvalue weighted by Gasteiger charge is 2.52. The van der Waals surface area contributed by atoms with Gasteiger partial charge in [0, 0.05) is 16.9 Å². The fourth-order valence-electron chi connectivity index (χ4n) is 2.48. The first-order valence-electron chi connectivity index (χ1n) is 7.07. The molecular formula is C15H21BO4. The molecule has 0 bridgehead atoms. The molecule has 2 aliphatic rings. The van der Waals surface area contributed by atoms with Crippen molar-refractivity contribution in [2.24, 2.45) is 0 Å². The lowest BCUT2D eigenvalue weighted by molar-refractivity contribution is 0.00578. The third kappa shape index (κ3) is 2.05. The Bertz CT molecular complexity index is 507. The monoisotopic (exact) mass is 276 g/mol. The van der Waals surface area contributed by atoms with Crippen molar-refractivity contribution in [1.29, 1.82) is 0 Å². The van der Waals surface area contributed by atoms with Gasteiger partial charge in [0.2, 0.25) is 0 Å². The summed E-state index contributed by atoms with van der Waals surface area (Å²) in [7, 11) is -0.527. The number of phenols is 1. The molecule has 1 N–H and O–H groups in total. The summed E-state index contributed by atoms with van der Waals surface area (Å²) in [6.07, 6.45) is 0. The van der Waals surface area contributed by atoms with E-state index in [-0.39, 0.29) is 11.7 Å². The van der Waals surface area contributed by atoms with Crippen molar-refractivity contribution in [2.45, 2.75) is 44.8 Å². The molecule has 3 rings (SSSR count). The van der Waals surface area contributed by atoms with E-state index in [2.05, 4.69) is 0 Å². The number of aromatic hydroxyl groups is 1. The van der Waals surface area contributed by atoms with Gasteiger partial charge in [-0.3, -0.25) is 0 Å². The van der Waals surface area contributed by atoms with E-state index in [9.17, 15) is 5.11 Å². The molecule has 1 aromatic carbocycles. The van der Waals surface area contributed by atoms with Crippen molar-refractivity contribution in [2.75, 3.05) is 13.2 Å². The number of hydrogen-bond acceptors (Lipinski definition) is 4. The molecular weight excluding hydrogens is 255 g/mol. The van der Waals surface area contributed by atoms with Gasteiger partial charge in [0.1, 0.15) is 5.75 Å². The Hall–Kier alpha value is -1.04. The molecule has 2 saturated heterocycles. The summed E-state index contributed by atoms with van der Waals surface area (Å²) in [6.45, 7) is 9.36. The van der Waals surface area contributed by atoms with Gasteiger partial charge >= 0.3 is 7.12 Å². The van der Waals surface area contributed by atoms with Gasteiger partial charge in [-0.1, -0.05) is 18.2 Å². The Balaban J connectivity index is 1.92. The first-order chi connectivity index (χ1) is 9.32. The molecule has 2 aliphatic heterocycles. The Morgan fingerprint density at radius 3 is 2.20 bits per heavy atom. The van der Waals surface area contributed by atoms with Gasteiger partial charge in [0.15, 0.2) is 0 Å². The summed E-state index contributed by atoms with van der Waals surface area (Å²) in [5.74, 6) is 0.552. The molecule has 108 valence electrons. The molecule has 0 atom stereocenters. The standard InChI is InChI=1S/C15H21BO4/c1-14(2)15(3,4)20-16(19-14)12-7-5-6-11(13(12)17)10-8-18-9-10/h5-7,10,17H,8-9H2,1-4H3. The van der Waals surface area contributed by atoms with Crippen molar-refractivity contribution >= 4 is 12.6 Å². The van der Waals surface area contributed by atoms with Crippen molar-refractivity contribution in [3.8, 4) is 5.75 Å². The quantitative estimate of drug-likeness (QED) is 0.837. The van der Waals surface area contributed by atoms with Crippen LogP contribution in [0.25, 0.3) is 0 Å². The number of benzene rings is 1. The molecule has 20 heavy (non-hydrogen) atoms. The molecule has 1 aromatic rings. The number of para-hydroxylation sites is 1. The van der Waals surface area contributed by atoms with Crippen molar-refractivity contribution in [3.05, 3.63) is 23.8 Å².